The van der Waals surface area contributed by atoms with Crippen LogP contribution in [0, 0.1) is 0 Å². The van der Waals surface area contributed by atoms with Crippen LogP contribution in [0.25, 0.3) is 0 Å². The number of fused-ring (bicyclic) bond motifs is 1. The number of benzene rings is 3. The van der Waals surface area contributed by atoms with E-state index in [1.807, 2.05) is 43.3 Å². The Labute approximate surface area is 199 Å². The molecular formula is C26H28N2O5S. The summed E-state index contributed by atoms with van der Waals surface area (Å²) >= 11 is 0. The van der Waals surface area contributed by atoms with E-state index in [4.69, 9.17) is 4.74 Å². The molecule has 0 radical (unpaired) electrons. The lowest BCUT2D eigenvalue weighted by Gasteiger charge is -2.31. The van der Waals surface area contributed by atoms with Crippen molar-refractivity contribution in [3.05, 3.63) is 95.1 Å². The molecule has 0 heterocycles. The number of carbonyl (C=O) groups is 1. The van der Waals surface area contributed by atoms with Crippen LogP contribution in [-0.2, 0) is 34.2 Å². The first kappa shape index (κ1) is 23.9. The Balaban J connectivity index is 1.50. The first-order chi connectivity index (χ1) is 16.4. The molecule has 1 aliphatic carbocycles. The van der Waals surface area contributed by atoms with Crippen molar-refractivity contribution in [1.82, 2.24) is 4.72 Å². The predicted molar refractivity (Wildman–Crippen MR) is 130 cm³/mol. The number of amides is 1. The zero-order valence-electron chi connectivity index (χ0n) is 18.9. The number of aliphatic hydroxyl groups excluding tert-OH is 1. The van der Waals surface area contributed by atoms with Crippen molar-refractivity contribution in [3.8, 4) is 0 Å². The standard InChI is InChI=1S/C26H28N2O5S/c1-2-18-8-13-22(14-9-18)34(31,32)28-25-23-16-21(12-10-20(23)11-15-24(25)29)27-26(30)33-17-19-6-4-3-5-7-19/h3-10,12-14,16,24-25,28-29H,2,11,15,17H2,1H3,(H,27,30)/t24-,25-/m1/s1. The van der Waals surface area contributed by atoms with Gasteiger partial charge in [0, 0.05) is 5.69 Å². The third-order valence-electron chi connectivity index (χ3n) is 5.96. The zero-order valence-corrected chi connectivity index (χ0v) is 19.7. The van der Waals surface area contributed by atoms with Crippen molar-refractivity contribution in [2.24, 2.45) is 0 Å². The van der Waals surface area contributed by atoms with Gasteiger partial charge in [0.1, 0.15) is 6.61 Å². The van der Waals surface area contributed by atoms with Crippen LogP contribution >= 0.6 is 0 Å². The summed E-state index contributed by atoms with van der Waals surface area (Å²) in [4.78, 5) is 12.4. The van der Waals surface area contributed by atoms with Crippen LogP contribution in [0.4, 0.5) is 10.5 Å². The van der Waals surface area contributed by atoms with Gasteiger partial charge in [0.15, 0.2) is 0 Å². The Morgan fingerprint density at radius 3 is 2.47 bits per heavy atom. The number of carbonyl (C=O) groups excluding carboxylic acids is 1. The summed E-state index contributed by atoms with van der Waals surface area (Å²) in [7, 11) is -3.86. The molecule has 0 aromatic heterocycles. The molecule has 3 aromatic carbocycles. The van der Waals surface area contributed by atoms with E-state index in [0.29, 0.717) is 24.1 Å². The largest absolute Gasteiger partial charge is 0.444 e. The molecule has 34 heavy (non-hydrogen) atoms. The maximum Gasteiger partial charge on any atom is 0.411 e. The summed E-state index contributed by atoms with van der Waals surface area (Å²) in [6, 6.07) is 20.5. The van der Waals surface area contributed by atoms with Gasteiger partial charge in [-0.3, -0.25) is 5.32 Å². The molecule has 3 aromatic rings. The third kappa shape index (κ3) is 5.64. The van der Waals surface area contributed by atoms with E-state index in [1.165, 1.54) is 0 Å². The van der Waals surface area contributed by atoms with Crippen LogP contribution < -0.4 is 10.0 Å². The van der Waals surface area contributed by atoms with Gasteiger partial charge in [-0.2, -0.15) is 0 Å². The van der Waals surface area contributed by atoms with Crippen molar-refractivity contribution < 1.29 is 23.1 Å². The molecule has 7 nitrogen and oxygen atoms in total. The molecule has 0 fully saturated rings. The van der Waals surface area contributed by atoms with Gasteiger partial charge in [0.25, 0.3) is 0 Å². The van der Waals surface area contributed by atoms with Crippen molar-refractivity contribution >= 4 is 21.8 Å². The molecule has 0 bridgehead atoms. The highest BCUT2D eigenvalue weighted by molar-refractivity contribution is 7.89. The van der Waals surface area contributed by atoms with Gasteiger partial charge in [-0.05, 0) is 65.8 Å². The molecule has 0 aliphatic heterocycles. The van der Waals surface area contributed by atoms with E-state index in [9.17, 15) is 18.3 Å². The number of anilines is 1. The topological polar surface area (TPSA) is 105 Å². The highest BCUT2D eigenvalue weighted by atomic mass is 32.2. The Morgan fingerprint density at radius 1 is 1.03 bits per heavy atom. The second-order valence-electron chi connectivity index (χ2n) is 8.30. The summed E-state index contributed by atoms with van der Waals surface area (Å²) in [5.41, 5.74) is 3.92. The van der Waals surface area contributed by atoms with Gasteiger partial charge >= 0.3 is 6.09 Å². The molecular weight excluding hydrogens is 452 g/mol. The van der Waals surface area contributed by atoms with Gasteiger partial charge in [-0.15, -0.1) is 0 Å². The van der Waals surface area contributed by atoms with Crippen LogP contribution in [0.3, 0.4) is 0 Å². The van der Waals surface area contributed by atoms with Crippen molar-refractivity contribution in [3.63, 3.8) is 0 Å². The lowest BCUT2D eigenvalue weighted by Crippen LogP contribution is -2.39. The van der Waals surface area contributed by atoms with Crippen LogP contribution in [0.15, 0.2) is 77.7 Å². The van der Waals surface area contributed by atoms with Gasteiger partial charge in [0.2, 0.25) is 10.0 Å². The third-order valence-corrected chi connectivity index (χ3v) is 7.42. The quantitative estimate of drug-likeness (QED) is 0.467. The number of aryl methyl sites for hydroxylation is 2. The predicted octanol–water partition coefficient (Wildman–Crippen LogP) is 4.32. The number of rotatable bonds is 7. The molecule has 1 aliphatic rings. The van der Waals surface area contributed by atoms with Crippen molar-refractivity contribution in [1.29, 1.82) is 0 Å². The fourth-order valence-corrected chi connectivity index (χ4v) is 5.27. The summed E-state index contributed by atoms with van der Waals surface area (Å²) in [5, 5.41) is 13.3. The Morgan fingerprint density at radius 2 is 1.76 bits per heavy atom. The summed E-state index contributed by atoms with van der Waals surface area (Å²) < 4.78 is 34.0. The molecule has 1 amide bonds. The van der Waals surface area contributed by atoms with Crippen molar-refractivity contribution in [2.75, 3.05) is 5.32 Å². The first-order valence-corrected chi connectivity index (χ1v) is 12.7. The number of hydrogen-bond donors (Lipinski definition) is 3. The van der Waals surface area contributed by atoms with E-state index in [0.717, 1.165) is 23.1 Å². The van der Waals surface area contributed by atoms with Gasteiger partial charge < -0.3 is 9.84 Å². The molecule has 0 saturated heterocycles. The molecule has 0 spiro atoms. The van der Waals surface area contributed by atoms with E-state index in [1.54, 1.807) is 36.4 Å². The van der Waals surface area contributed by atoms with Gasteiger partial charge in [0.05, 0.1) is 17.0 Å². The summed E-state index contributed by atoms with van der Waals surface area (Å²) in [6.45, 7) is 2.13. The van der Waals surface area contributed by atoms with E-state index in [-0.39, 0.29) is 11.5 Å². The van der Waals surface area contributed by atoms with Crippen LogP contribution in [0.5, 0.6) is 0 Å². The van der Waals surface area contributed by atoms with Crippen LogP contribution in [0.1, 0.15) is 41.6 Å². The Bertz CT molecular complexity index is 1240. The summed E-state index contributed by atoms with van der Waals surface area (Å²) in [6.07, 6.45) is 0.344. The number of ether oxygens (including phenoxy) is 1. The normalized spacial score (nSPS) is 17.6. The number of aliphatic hydroxyl groups is 1. The SMILES string of the molecule is CCc1ccc(S(=O)(=O)N[C@@H]2c3cc(NC(=O)OCc4ccccc4)ccc3CC[C@H]2O)cc1. The lowest BCUT2D eigenvalue weighted by molar-refractivity contribution is 0.121. The minimum Gasteiger partial charge on any atom is -0.444 e. The maximum absolute atomic E-state index is 13.0. The zero-order chi connectivity index (χ0) is 24.1. The van der Waals surface area contributed by atoms with Crippen LogP contribution in [-0.4, -0.2) is 25.7 Å². The molecule has 3 N–H and O–H groups in total. The minimum absolute atomic E-state index is 0.134. The highest BCUT2D eigenvalue weighted by Crippen LogP contribution is 2.33. The van der Waals surface area contributed by atoms with Crippen molar-refractivity contribution in [2.45, 2.75) is 49.8 Å². The molecule has 0 saturated carbocycles. The van der Waals surface area contributed by atoms with Gasteiger partial charge in [-0.1, -0.05) is 55.5 Å². The summed E-state index contributed by atoms with van der Waals surface area (Å²) in [5.74, 6) is 0. The fourth-order valence-electron chi connectivity index (χ4n) is 4.03. The fraction of sp³-hybridized carbons (Fsp3) is 0.269. The first-order valence-electron chi connectivity index (χ1n) is 11.3. The average molecular weight is 481 g/mol. The van der Waals surface area contributed by atoms with Crippen LogP contribution in [0.2, 0.25) is 0 Å². The van der Waals surface area contributed by atoms with E-state index < -0.39 is 28.3 Å². The smallest absolute Gasteiger partial charge is 0.411 e. The second-order valence-corrected chi connectivity index (χ2v) is 10.0. The minimum atomic E-state index is -3.86. The number of sulfonamides is 1. The number of nitrogens with one attached hydrogen (secondary N) is 2. The average Bonchev–Trinajstić information content (AvgIpc) is 2.85. The van der Waals surface area contributed by atoms with E-state index >= 15 is 0 Å². The van der Waals surface area contributed by atoms with Gasteiger partial charge in [-0.25, -0.2) is 17.9 Å². The Hall–Kier alpha value is -3.20. The second kappa shape index (κ2) is 10.4. The molecule has 2 atom stereocenters. The molecule has 4 rings (SSSR count). The monoisotopic (exact) mass is 480 g/mol. The molecule has 178 valence electrons. The highest BCUT2D eigenvalue weighted by Gasteiger charge is 2.32. The molecule has 0 unspecified atom stereocenters. The maximum atomic E-state index is 13.0. The Kier molecular flexibility index (Phi) is 7.31. The number of hydrogen-bond acceptors (Lipinski definition) is 5. The van der Waals surface area contributed by atoms with E-state index in [2.05, 4.69) is 10.0 Å². The molecule has 8 heteroatoms. The lowest BCUT2D eigenvalue weighted by atomic mass is 9.86.